The summed E-state index contributed by atoms with van der Waals surface area (Å²) >= 11 is 11.8. The maximum Gasteiger partial charge on any atom is 0.243 e. The predicted octanol–water partition coefficient (Wildman–Crippen LogP) is 3.54. The zero-order chi connectivity index (χ0) is 17.9. The molecule has 0 aromatic heterocycles. The molecule has 0 spiro atoms. The van der Waals surface area contributed by atoms with Crippen molar-refractivity contribution < 1.29 is 8.42 Å². The van der Waals surface area contributed by atoms with E-state index in [1.807, 2.05) is 18.2 Å². The van der Waals surface area contributed by atoms with Gasteiger partial charge in [-0.3, -0.25) is 0 Å². The van der Waals surface area contributed by atoms with Crippen LogP contribution in [0.2, 0.25) is 10.0 Å². The third-order valence-corrected chi connectivity index (χ3v) is 6.79. The Kier molecular flexibility index (Phi) is 6.02. The average Bonchev–Trinajstić information content (AvgIpc) is 2.61. The monoisotopic (exact) mass is 398 g/mol. The van der Waals surface area contributed by atoms with Crippen LogP contribution in [0.3, 0.4) is 0 Å². The Morgan fingerprint density at radius 1 is 0.880 bits per heavy atom. The first kappa shape index (κ1) is 18.7. The molecule has 134 valence electrons. The van der Waals surface area contributed by atoms with Crippen molar-refractivity contribution in [2.24, 2.45) is 0 Å². The number of piperazine rings is 1. The van der Waals surface area contributed by atoms with Crippen molar-refractivity contribution in [1.82, 2.24) is 9.21 Å². The minimum atomic E-state index is -3.44. The van der Waals surface area contributed by atoms with Crippen molar-refractivity contribution in [3.8, 4) is 0 Å². The zero-order valence-electron chi connectivity index (χ0n) is 13.7. The highest BCUT2D eigenvalue weighted by molar-refractivity contribution is 7.89. The highest BCUT2D eigenvalue weighted by Gasteiger charge is 2.28. The number of benzene rings is 2. The van der Waals surface area contributed by atoms with Gasteiger partial charge in [0.15, 0.2) is 0 Å². The highest BCUT2D eigenvalue weighted by atomic mass is 35.5. The molecule has 2 aromatic carbocycles. The van der Waals surface area contributed by atoms with E-state index in [4.69, 9.17) is 23.2 Å². The van der Waals surface area contributed by atoms with E-state index in [1.54, 1.807) is 28.6 Å². The number of halogens is 2. The molecule has 1 heterocycles. The molecule has 1 fully saturated rings. The molecule has 0 N–H and O–H groups in total. The first-order valence-electron chi connectivity index (χ1n) is 8.18. The van der Waals surface area contributed by atoms with Crippen molar-refractivity contribution >= 4 is 33.2 Å². The maximum absolute atomic E-state index is 12.7. The van der Waals surface area contributed by atoms with E-state index in [9.17, 15) is 8.42 Å². The Hall–Kier alpha value is -1.11. The first-order chi connectivity index (χ1) is 11.9. The van der Waals surface area contributed by atoms with Crippen LogP contribution >= 0.6 is 23.2 Å². The average molecular weight is 399 g/mol. The van der Waals surface area contributed by atoms with Crippen molar-refractivity contribution in [2.75, 3.05) is 32.7 Å². The molecule has 7 heteroatoms. The van der Waals surface area contributed by atoms with Gasteiger partial charge in [-0.05, 0) is 48.4 Å². The molecule has 0 saturated carbocycles. The Balaban J connectivity index is 1.55. The summed E-state index contributed by atoms with van der Waals surface area (Å²) in [4.78, 5) is 2.58. The van der Waals surface area contributed by atoms with Crippen LogP contribution in [0.5, 0.6) is 0 Å². The van der Waals surface area contributed by atoms with Gasteiger partial charge in [0.2, 0.25) is 10.0 Å². The van der Waals surface area contributed by atoms with Gasteiger partial charge < -0.3 is 4.90 Å². The van der Waals surface area contributed by atoms with E-state index in [1.165, 1.54) is 5.56 Å². The molecule has 0 aliphatic carbocycles. The largest absolute Gasteiger partial charge is 0.300 e. The van der Waals surface area contributed by atoms with Crippen molar-refractivity contribution in [3.63, 3.8) is 0 Å². The van der Waals surface area contributed by atoms with Gasteiger partial charge >= 0.3 is 0 Å². The summed E-state index contributed by atoms with van der Waals surface area (Å²) in [6.45, 7) is 3.36. The molecule has 1 saturated heterocycles. The lowest BCUT2D eigenvalue weighted by Crippen LogP contribution is -2.48. The Bertz CT molecular complexity index is 817. The highest BCUT2D eigenvalue weighted by Crippen LogP contribution is 2.20. The maximum atomic E-state index is 12.7. The molecule has 1 aliphatic heterocycles. The third-order valence-electron chi connectivity index (χ3n) is 4.39. The number of hydrogen-bond donors (Lipinski definition) is 0. The van der Waals surface area contributed by atoms with Gasteiger partial charge in [0.1, 0.15) is 0 Å². The second kappa shape index (κ2) is 8.06. The molecule has 0 atom stereocenters. The molecule has 4 nitrogen and oxygen atoms in total. The normalized spacial score (nSPS) is 16.9. The second-order valence-electron chi connectivity index (χ2n) is 6.08. The number of hydrogen-bond acceptors (Lipinski definition) is 3. The van der Waals surface area contributed by atoms with Crippen molar-refractivity contribution in [2.45, 2.75) is 11.3 Å². The molecule has 0 bridgehead atoms. The SMILES string of the molecule is O=S(=O)(c1ccc(Cl)cc1)N1CCN(CCc2cccc(Cl)c2)CC1. The summed E-state index contributed by atoms with van der Waals surface area (Å²) in [7, 11) is -3.44. The quantitative estimate of drug-likeness (QED) is 0.772. The lowest BCUT2D eigenvalue weighted by atomic mass is 10.1. The molecule has 0 unspecified atom stereocenters. The predicted molar refractivity (Wildman–Crippen MR) is 102 cm³/mol. The lowest BCUT2D eigenvalue weighted by Gasteiger charge is -2.34. The first-order valence-corrected chi connectivity index (χ1v) is 10.4. The molecule has 3 rings (SSSR count). The van der Waals surface area contributed by atoms with E-state index in [2.05, 4.69) is 11.0 Å². The van der Waals surface area contributed by atoms with Crippen LogP contribution in [0.25, 0.3) is 0 Å². The zero-order valence-corrected chi connectivity index (χ0v) is 16.1. The van der Waals surface area contributed by atoms with Crippen LogP contribution in [0.15, 0.2) is 53.4 Å². The van der Waals surface area contributed by atoms with E-state index < -0.39 is 10.0 Å². The van der Waals surface area contributed by atoms with Gasteiger partial charge in [0.25, 0.3) is 0 Å². The number of rotatable bonds is 5. The van der Waals surface area contributed by atoms with Crippen LogP contribution in [-0.4, -0.2) is 50.3 Å². The topological polar surface area (TPSA) is 40.6 Å². The fraction of sp³-hybridized carbons (Fsp3) is 0.333. The fourth-order valence-corrected chi connectivity index (χ4v) is 4.69. The Morgan fingerprint density at radius 3 is 2.20 bits per heavy atom. The molecule has 0 radical (unpaired) electrons. The summed E-state index contributed by atoms with van der Waals surface area (Å²) in [5, 5.41) is 1.28. The molecule has 1 aliphatic rings. The van der Waals surface area contributed by atoms with Gasteiger partial charge in [0.05, 0.1) is 4.90 Å². The molecular weight excluding hydrogens is 379 g/mol. The van der Waals surface area contributed by atoms with Crippen LogP contribution in [0.1, 0.15) is 5.56 Å². The van der Waals surface area contributed by atoms with E-state index in [0.29, 0.717) is 23.0 Å². The molecule has 0 amide bonds. The minimum absolute atomic E-state index is 0.296. The smallest absolute Gasteiger partial charge is 0.243 e. The van der Waals surface area contributed by atoms with Gasteiger partial charge in [0, 0.05) is 42.8 Å². The molecular formula is C18H20Cl2N2O2S. The fourth-order valence-electron chi connectivity index (χ4n) is 2.93. The Morgan fingerprint density at radius 2 is 1.56 bits per heavy atom. The van der Waals surface area contributed by atoms with Crippen LogP contribution in [0.4, 0.5) is 0 Å². The van der Waals surface area contributed by atoms with Crippen LogP contribution < -0.4 is 0 Å². The van der Waals surface area contributed by atoms with Crippen molar-refractivity contribution in [3.05, 3.63) is 64.1 Å². The third kappa shape index (κ3) is 4.74. The Labute approximate surface area is 159 Å². The van der Waals surface area contributed by atoms with Gasteiger partial charge in [-0.15, -0.1) is 0 Å². The molecule has 2 aromatic rings. The van der Waals surface area contributed by atoms with E-state index >= 15 is 0 Å². The van der Waals surface area contributed by atoms with E-state index in [-0.39, 0.29) is 0 Å². The summed E-state index contributed by atoms with van der Waals surface area (Å²) in [5.74, 6) is 0. The number of nitrogens with zero attached hydrogens (tertiary/aromatic N) is 2. The van der Waals surface area contributed by atoms with Gasteiger partial charge in [-0.1, -0.05) is 35.3 Å². The van der Waals surface area contributed by atoms with E-state index in [0.717, 1.165) is 31.1 Å². The minimum Gasteiger partial charge on any atom is -0.300 e. The summed E-state index contributed by atoms with van der Waals surface area (Å²) in [6, 6.07) is 14.2. The van der Waals surface area contributed by atoms with Crippen molar-refractivity contribution in [1.29, 1.82) is 0 Å². The molecule has 25 heavy (non-hydrogen) atoms. The lowest BCUT2D eigenvalue weighted by molar-refractivity contribution is 0.190. The van der Waals surface area contributed by atoms with Gasteiger partial charge in [-0.2, -0.15) is 4.31 Å². The second-order valence-corrected chi connectivity index (χ2v) is 8.89. The summed E-state index contributed by atoms with van der Waals surface area (Å²) in [5.41, 5.74) is 1.20. The standard InChI is InChI=1S/C18H20Cl2N2O2S/c19-16-4-6-18(7-5-16)25(23,24)22-12-10-21(11-13-22)9-8-15-2-1-3-17(20)14-15/h1-7,14H,8-13H2. The summed E-state index contributed by atoms with van der Waals surface area (Å²) in [6.07, 6.45) is 0.907. The van der Waals surface area contributed by atoms with Gasteiger partial charge in [-0.25, -0.2) is 8.42 Å². The summed E-state index contributed by atoms with van der Waals surface area (Å²) < 4.78 is 26.9. The van der Waals surface area contributed by atoms with Crippen LogP contribution in [-0.2, 0) is 16.4 Å². The number of sulfonamides is 1. The van der Waals surface area contributed by atoms with Crippen LogP contribution in [0, 0.1) is 0 Å².